The van der Waals surface area contributed by atoms with E-state index in [-0.39, 0.29) is 5.91 Å². The lowest BCUT2D eigenvalue weighted by molar-refractivity contribution is 0.0947. The first-order chi connectivity index (χ1) is 9.20. The molecule has 0 saturated carbocycles. The molecule has 1 amide bonds. The number of carbonyl (C=O) groups excluding carboxylic acids is 1. The van der Waals surface area contributed by atoms with Crippen molar-refractivity contribution < 1.29 is 9.53 Å². The van der Waals surface area contributed by atoms with Gasteiger partial charge in [0.05, 0.1) is 11.6 Å². The van der Waals surface area contributed by atoms with E-state index in [2.05, 4.69) is 26.6 Å². The molecule has 2 N–H and O–H groups in total. The van der Waals surface area contributed by atoms with Crippen LogP contribution >= 0.6 is 15.9 Å². The van der Waals surface area contributed by atoms with Crippen molar-refractivity contribution in [2.45, 2.75) is 25.3 Å². The third-order valence-corrected chi connectivity index (χ3v) is 3.96. The van der Waals surface area contributed by atoms with Crippen LogP contribution in [-0.4, -0.2) is 32.1 Å². The number of ether oxygens (including phenoxy) is 1. The second kappa shape index (κ2) is 6.91. The Bertz CT molecular complexity index is 445. The molecule has 5 heteroatoms. The lowest BCUT2D eigenvalue weighted by Crippen LogP contribution is -2.43. The monoisotopic (exact) mass is 326 g/mol. The minimum atomic E-state index is -0.0456. The molecule has 0 aromatic heterocycles. The Hall–Kier alpha value is -1.07. The number of hydrogen-bond donors (Lipinski definition) is 2. The van der Waals surface area contributed by atoms with Crippen LogP contribution in [0.25, 0.3) is 0 Å². The third kappa shape index (κ3) is 3.94. The first-order valence-corrected chi connectivity index (χ1v) is 7.35. The summed E-state index contributed by atoms with van der Waals surface area (Å²) in [6, 6.07) is 5.74. The number of hydrogen-bond acceptors (Lipinski definition) is 3. The molecule has 0 aliphatic carbocycles. The Morgan fingerprint density at radius 2 is 2.37 bits per heavy atom. The van der Waals surface area contributed by atoms with E-state index in [9.17, 15) is 4.79 Å². The van der Waals surface area contributed by atoms with Crippen molar-refractivity contribution in [1.29, 1.82) is 0 Å². The maximum absolute atomic E-state index is 12.0. The number of halogens is 1. The van der Waals surface area contributed by atoms with Crippen molar-refractivity contribution >= 4 is 21.8 Å². The summed E-state index contributed by atoms with van der Waals surface area (Å²) in [5.41, 5.74) is 0.642. The number of rotatable bonds is 4. The van der Waals surface area contributed by atoms with Crippen LogP contribution in [0.5, 0.6) is 5.75 Å². The minimum Gasteiger partial charge on any atom is -0.496 e. The fourth-order valence-corrected chi connectivity index (χ4v) is 2.76. The van der Waals surface area contributed by atoms with Crippen molar-refractivity contribution in [2.24, 2.45) is 0 Å². The summed E-state index contributed by atoms with van der Waals surface area (Å²) in [5.74, 6) is 0.682. The summed E-state index contributed by atoms with van der Waals surface area (Å²) < 4.78 is 5.94. The summed E-state index contributed by atoms with van der Waals surface area (Å²) in [7, 11) is 1.61. The Kier molecular flexibility index (Phi) is 5.22. The molecule has 104 valence electrons. The van der Waals surface area contributed by atoms with Gasteiger partial charge in [0.15, 0.2) is 0 Å². The van der Waals surface area contributed by atoms with Gasteiger partial charge in [0.25, 0.3) is 5.91 Å². The molecule has 2 rings (SSSR count). The molecule has 4 nitrogen and oxygen atoms in total. The minimum absolute atomic E-state index is 0.0456. The molecule has 1 aromatic carbocycles. The Morgan fingerprint density at radius 3 is 3.00 bits per heavy atom. The Morgan fingerprint density at radius 1 is 1.53 bits per heavy atom. The summed E-state index contributed by atoms with van der Waals surface area (Å²) in [4.78, 5) is 12.0. The van der Waals surface area contributed by atoms with E-state index in [1.807, 2.05) is 0 Å². The standard InChI is InChI=1S/C14H19BrN2O2/c1-19-13-6-5-10(8-12(13)15)14(18)17-9-11-4-2-3-7-16-11/h5-6,8,11,16H,2-4,7,9H2,1H3,(H,17,18). The highest BCUT2D eigenvalue weighted by Gasteiger charge is 2.14. The largest absolute Gasteiger partial charge is 0.496 e. The molecule has 1 heterocycles. The molecule has 1 saturated heterocycles. The van der Waals surface area contributed by atoms with Gasteiger partial charge in [-0.3, -0.25) is 4.79 Å². The van der Waals surface area contributed by atoms with E-state index in [0.717, 1.165) is 23.2 Å². The average Bonchev–Trinajstić information content (AvgIpc) is 2.45. The topological polar surface area (TPSA) is 50.4 Å². The lowest BCUT2D eigenvalue weighted by Gasteiger charge is -2.23. The van der Waals surface area contributed by atoms with Crippen LogP contribution in [0.1, 0.15) is 29.6 Å². The van der Waals surface area contributed by atoms with E-state index in [4.69, 9.17) is 4.74 Å². The summed E-state index contributed by atoms with van der Waals surface area (Å²) >= 11 is 3.39. The van der Waals surface area contributed by atoms with Crippen molar-refractivity contribution in [2.75, 3.05) is 20.2 Å². The predicted octanol–water partition coefficient (Wildman–Crippen LogP) is 2.33. The zero-order valence-electron chi connectivity index (χ0n) is 11.0. The molecule has 19 heavy (non-hydrogen) atoms. The molecule has 1 aliphatic heterocycles. The van der Waals surface area contributed by atoms with Crippen LogP contribution in [0.2, 0.25) is 0 Å². The van der Waals surface area contributed by atoms with E-state index >= 15 is 0 Å². The molecule has 1 aliphatic rings. The van der Waals surface area contributed by atoms with Gasteiger partial charge >= 0.3 is 0 Å². The van der Waals surface area contributed by atoms with Gasteiger partial charge in [-0.1, -0.05) is 6.42 Å². The summed E-state index contributed by atoms with van der Waals surface area (Å²) in [6.45, 7) is 1.73. The maximum Gasteiger partial charge on any atom is 0.251 e. The van der Waals surface area contributed by atoms with E-state index in [1.54, 1.807) is 25.3 Å². The predicted molar refractivity (Wildman–Crippen MR) is 78.7 cm³/mol. The average molecular weight is 327 g/mol. The maximum atomic E-state index is 12.0. The number of carbonyl (C=O) groups is 1. The number of methoxy groups -OCH3 is 1. The lowest BCUT2D eigenvalue weighted by atomic mass is 10.1. The van der Waals surface area contributed by atoms with E-state index in [1.165, 1.54) is 12.8 Å². The number of piperidine rings is 1. The first kappa shape index (κ1) is 14.3. The molecule has 0 bridgehead atoms. The van der Waals surface area contributed by atoms with Gasteiger partial charge in [-0.25, -0.2) is 0 Å². The van der Waals surface area contributed by atoms with Gasteiger partial charge in [-0.15, -0.1) is 0 Å². The van der Waals surface area contributed by atoms with E-state index < -0.39 is 0 Å². The van der Waals surface area contributed by atoms with E-state index in [0.29, 0.717) is 18.2 Å². The molecule has 1 unspecified atom stereocenters. The van der Waals surface area contributed by atoms with Crippen LogP contribution in [-0.2, 0) is 0 Å². The highest BCUT2D eigenvalue weighted by Crippen LogP contribution is 2.25. The first-order valence-electron chi connectivity index (χ1n) is 6.56. The number of nitrogens with one attached hydrogen (secondary N) is 2. The molecular formula is C14H19BrN2O2. The molecular weight excluding hydrogens is 308 g/mol. The van der Waals surface area contributed by atoms with Gasteiger partial charge in [-0.05, 0) is 53.5 Å². The van der Waals surface area contributed by atoms with Crippen molar-refractivity contribution in [3.8, 4) is 5.75 Å². The van der Waals surface area contributed by atoms with Crippen molar-refractivity contribution in [3.63, 3.8) is 0 Å². The SMILES string of the molecule is COc1ccc(C(=O)NCC2CCCCN2)cc1Br. The van der Waals surface area contributed by atoms with Gasteiger partial charge in [-0.2, -0.15) is 0 Å². The smallest absolute Gasteiger partial charge is 0.251 e. The van der Waals surface area contributed by atoms with Gasteiger partial charge in [0, 0.05) is 18.2 Å². The number of amides is 1. The zero-order valence-corrected chi connectivity index (χ0v) is 12.6. The third-order valence-electron chi connectivity index (χ3n) is 3.34. The molecule has 0 radical (unpaired) electrons. The quantitative estimate of drug-likeness (QED) is 0.892. The van der Waals surface area contributed by atoms with Gasteiger partial charge in [0.2, 0.25) is 0 Å². The summed E-state index contributed by atoms with van der Waals surface area (Å²) in [5, 5.41) is 6.38. The second-order valence-electron chi connectivity index (χ2n) is 4.71. The Labute approximate surface area is 122 Å². The Balaban J connectivity index is 1.90. The normalized spacial score (nSPS) is 18.9. The second-order valence-corrected chi connectivity index (χ2v) is 5.56. The zero-order chi connectivity index (χ0) is 13.7. The van der Waals surface area contributed by atoms with Gasteiger partial charge in [0.1, 0.15) is 5.75 Å². The molecule has 1 atom stereocenters. The highest BCUT2D eigenvalue weighted by molar-refractivity contribution is 9.10. The van der Waals surface area contributed by atoms with Crippen LogP contribution < -0.4 is 15.4 Å². The van der Waals surface area contributed by atoms with Crippen LogP contribution in [0.3, 0.4) is 0 Å². The van der Waals surface area contributed by atoms with Crippen molar-refractivity contribution in [3.05, 3.63) is 28.2 Å². The molecule has 1 fully saturated rings. The van der Waals surface area contributed by atoms with Crippen LogP contribution in [0.15, 0.2) is 22.7 Å². The summed E-state index contributed by atoms with van der Waals surface area (Å²) in [6.07, 6.45) is 3.60. The van der Waals surface area contributed by atoms with Gasteiger partial charge < -0.3 is 15.4 Å². The van der Waals surface area contributed by atoms with Crippen molar-refractivity contribution in [1.82, 2.24) is 10.6 Å². The number of benzene rings is 1. The molecule has 1 aromatic rings. The van der Waals surface area contributed by atoms with Crippen LogP contribution in [0.4, 0.5) is 0 Å². The fraction of sp³-hybridized carbons (Fsp3) is 0.500. The highest BCUT2D eigenvalue weighted by atomic mass is 79.9. The fourth-order valence-electron chi connectivity index (χ4n) is 2.22. The molecule has 0 spiro atoms. The van der Waals surface area contributed by atoms with Crippen LogP contribution in [0, 0.1) is 0 Å².